The number of carbonyl (C=O) groups is 1. The van der Waals surface area contributed by atoms with Crippen molar-refractivity contribution in [2.45, 2.75) is 13.5 Å². The van der Waals surface area contributed by atoms with Gasteiger partial charge < -0.3 is 20.4 Å². The van der Waals surface area contributed by atoms with Crippen LogP contribution in [-0.2, 0) is 11.3 Å². The van der Waals surface area contributed by atoms with Crippen molar-refractivity contribution in [1.82, 2.24) is 9.55 Å². The number of para-hydroxylation sites is 1. The normalized spacial score (nSPS) is 11.6. The maximum atomic E-state index is 12.4. The van der Waals surface area contributed by atoms with Crippen LogP contribution in [0.4, 0.5) is 0 Å². The molecule has 8 heteroatoms. The number of nitrogens with zero attached hydrogens (tertiary/aromatic N) is 3. The van der Waals surface area contributed by atoms with Crippen LogP contribution in [0, 0.1) is 0 Å². The summed E-state index contributed by atoms with van der Waals surface area (Å²) >= 11 is 0. The van der Waals surface area contributed by atoms with Crippen molar-refractivity contribution in [3.63, 3.8) is 0 Å². The lowest BCUT2D eigenvalue weighted by atomic mass is 9.96. The van der Waals surface area contributed by atoms with Crippen molar-refractivity contribution < 1.29 is 19.5 Å². The van der Waals surface area contributed by atoms with Gasteiger partial charge in [0.2, 0.25) is 0 Å². The standard InChI is InChI=1S/C26H26N4O4/c1-3-34-26-28-22-10-6-9-21(25(31)33-2)24(22)30(26)16-17-11-13-18(14-12-17)19-7-4-5-8-20(19)23(15-27)29-32/h4-14,32H,3,15-16,27H2,1-2H3/b29-23+. The second-order valence-corrected chi connectivity index (χ2v) is 7.57. The van der Waals surface area contributed by atoms with E-state index in [0.29, 0.717) is 41.5 Å². The Kier molecular flexibility index (Phi) is 6.89. The zero-order valence-corrected chi connectivity index (χ0v) is 19.1. The molecule has 174 valence electrons. The fraction of sp³-hybridized carbons (Fsp3) is 0.192. The van der Waals surface area contributed by atoms with Crippen LogP contribution in [0.2, 0.25) is 0 Å². The third kappa shape index (κ3) is 4.35. The Hall–Kier alpha value is -4.17. The number of carbonyl (C=O) groups excluding carboxylic acids is 1. The van der Waals surface area contributed by atoms with Crippen LogP contribution < -0.4 is 10.5 Å². The molecular formula is C26H26N4O4. The number of hydrogen-bond acceptors (Lipinski definition) is 7. The lowest BCUT2D eigenvalue weighted by molar-refractivity contribution is 0.0602. The summed E-state index contributed by atoms with van der Waals surface area (Å²) in [5.41, 5.74) is 11.6. The summed E-state index contributed by atoms with van der Waals surface area (Å²) < 4.78 is 12.6. The van der Waals surface area contributed by atoms with E-state index in [1.807, 2.05) is 66.1 Å². The van der Waals surface area contributed by atoms with Crippen molar-refractivity contribution >= 4 is 22.7 Å². The second-order valence-electron chi connectivity index (χ2n) is 7.57. The van der Waals surface area contributed by atoms with E-state index in [4.69, 9.17) is 15.2 Å². The minimum Gasteiger partial charge on any atom is -0.465 e. The van der Waals surface area contributed by atoms with Gasteiger partial charge in [0.15, 0.2) is 0 Å². The highest BCUT2D eigenvalue weighted by Crippen LogP contribution is 2.28. The van der Waals surface area contributed by atoms with Gasteiger partial charge in [0, 0.05) is 12.1 Å². The fourth-order valence-electron chi connectivity index (χ4n) is 3.99. The smallest absolute Gasteiger partial charge is 0.340 e. The average molecular weight is 459 g/mol. The maximum Gasteiger partial charge on any atom is 0.340 e. The van der Waals surface area contributed by atoms with Crippen molar-refractivity contribution in [1.29, 1.82) is 0 Å². The summed E-state index contributed by atoms with van der Waals surface area (Å²) in [5, 5.41) is 12.7. The highest BCUT2D eigenvalue weighted by Gasteiger charge is 2.20. The predicted octanol–water partition coefficient (Wildman–Crippen LogP) is 4.07. The van der Waals surface area contributed by atoms with Crippen LogP contribution in [0.25, 0.3) is 22.2 Å². The zero-order chi connectivity index (χ0) is 24.1. The lowest BCUT2D eigenvalue weighted by Gasteiger charge is -2.13. The van der Waals surface area contributed by atoms with E-state index in [1.165, 1.54) is 7.11 Å². The largest absolute Gasteiger partial charge is 0.465 e. The minimum absolute atomic E-state index is 0.127. The molecule has 34 heavy (non-hydrogen) atoms. The highest BCUT2D eigenvalue weighted by molar-refractivity contribution is 6.06. The summed E-state index contributed by atoms with van der Waals surface area (Å²) in [4.78, 5) is 17.0. The number of aromatic nitrogens is 2. The molecule has 0 aliphatic carbocycles. The first kappa shape index (κ1) is 23.0. The molecule has 0 saturated carbocycles. The molecule has 0 unspecified atom stereocenters. The number of benzene rings is 3. The molecule has 1 aromatic heterocycles. The number of esters is 1. The monoisotopic (exact) mass is 458 g/mol. The van der Waals surface area contributed by atoms with Gasteiger partial charge in [0.25, 0.3) is 6.01 Å². The van der Waals surface area contributed by atoms with E-state index in [0.717, 1.165) is 22.3 Å². The molecular weight excluding hydrogens is 432 g/mol. The van der Waals surface area contributed by atoms with Gasteiger partial charge in [0.1, 0.15) is 5.71 Å². The number of nitrogens with two attached hydrogens (primary N) is 1. The summed E-state index contributed by atoms with van der Waals surface area (Å²) in [5.74, 6) is -0.428. The van der Waals surface area contributed by atoms with Gasteiger partial charge in [-0.25, -0.2) is 4.79 Å². The number of rotatable bonds is 8. The van der Waals surface area contributed by atoms with E-state index in [9.17, 15) is 10.0 Å². The first-order valence-electron chi connectivity index (χ1n) is 10.9. The van der Waals surface area contributed by atoms with E-state index in [2.05, 4.69) is 10.1 Å². The first-order chi connectivity index (χ1) is 16.6. The molecule has 3 aromatic carbocycles. The predicted molar refractivity (Wildman–Crippen MR) is 131 cm³/mol. The van der Waals surface area contributed by atoms with Crippen molar-refractivity contribution in [2.75, 3.05) is 20.3 Å². The third-order valence-corrected chi connectivity index (χ3v) is 5.57. The fourth-order valence-corrected chi connectivity index (χ4v) is 3.99. The number of hydrogen-bond donors (Lipinski definition) is 2. The van der Waals surface area contributed by atoms with Gasteiger partial charge in [-0.15, -0.1) is 0 Å². The number of methoxy groups -OCH3 is 1. The Labute approximate surface area is 197 Å². The van der Waals surface area contributed by atoms with Crippen LogP contribution in [0.15, 0.2) is 71.9 Å². The first-order valence-corrected chi connectivity index (χ1v) is 10.9. The van der Waals surface area contributed by atoms with E-state index >= 15 is 0 Å². The van der Waals surface area contributed by atoms with E-state index < -0.39 is 5.97 Å². The Morgan fingerprint density at radius 3 is 2.47 bits per heavy atom. The topological polar surface area (TPSA) is 112 Å². The van der Waals surface area contributed by atoms with Gasteiger partial charge in [-0.2, -0.15) is 4.98 Å². The van der Waals surface area contributed by atoms with Crippen LogP contribution in [0.3, 0.4) is 0 Å². The molecule has 0 amide bonds. The number of oxime groups is 1. The lowest BCUT2D eigenvalue weighted by Crippen LogP contribution is -2.16. The highest BCUT2D eigenvalue weighted by atomic mass is 16.5. The molecule has 1 heterocycles. The van der Waals surface area contributed by atoms with Crippen molar-refractivity contribution in [2.24, 2.45) is 10.9 Å². The second kappa shape index (κ2) is 10.2. The molecule has 0 aliphatic rings. The van der Waals surface area contributed by atoms with E-state index in [1.54, 1.807) is 12.1 Å². The zero-order valence-electron chi connectivity index (χ0n) is 19.1. The average Bonchev–Trinajstić information content (AvgIpc) is 3.22. The molecule has 0 bridgehead atoms. The summed E-state index contributed by atoms with van der Waals surface area (Å²) in [6.45, 7) is 2.92. The van der Waals surface area contributed by atoms with Crippen molar-refractivity contribution in [3.05, 3.63) is 83.4 Å². The van der Waals surface area contributed by atoms with Crippen molar-refractivity contribution in [3.8, 4) is 17.1 Å². The molecule has 3 N–H and O–H groups in total. The Balaban J connectivity index is 1.73. The van der Waals surface area contributed by atoms with Gasteiger partial charge in [-0.1, -0.05) is 59.8 Å². The van der Waals surface area contributed by atoms with Gasteiger partial charge in [-0.05, 0) is 35.7 Å². The van der Waals surface area contributed by atoms with E-state index in [-0.39, 0.29) is 6.54 Å². The number of imidazole rings is 1. The van der Waals surface area contributed by atoms with Gasteiger partial charge >= 0.3 is 5.97 Å². The molecule has 0 radical (unpaired) electrons. The van der Waals surface area contributed by atoms with Gasteiger partial charge in [-0.3, -0.25) is 4.57 Å². The molecule has 0 saturated heterocycles. The number of ether oxygens (including phenoxy) is 2. The molecule has 4 aromatic rings. The molecule has 8 nitrogen and oxygen atoms in total. The van der Waals surface area contributed by atoms with Crippen LogP contribution in [0.1, 0.15) is 28.4 Å². The van der Waals surface area contributed by atoms with Crippen LogP contribution in [-0.4, -0.2) is 46.7 Å². The third-order valence-electron chi connectivity index (χ3n) is 5.57. The van der Waals surface area contributed by atoms with Crippen LogP contribution >= 0.6 is 0 Å². The summed E-state index contributed by atoms with van der Waals surface area (Å²) in [6, 6.07) is 21.5. The molecule has 0 fully saturated rings. The Morgan fingerprint density at radius 1 is 1.06 bits per heavy atom. The SMILES string of the molecule is CCOc1nc2cccc(C(=O)OC)c2n1Cc1ccc(-c2ccccc2/C(CN)=N/O)cc1. The summed E-state index contributed by atoms with van der Waals surface area (Å²) in [6.07, 6.45) is 0. The van der Waals surface area contributed by atoms with Crippen LogP contribution in [0.5, 0.6) is 6.01 Å². The van der Waals surface area contributed by atoms with Gasteiger partial charge in [0.05, 0.1) is 36.9 Å². The Morgan fingerprint density at radius 2 is 1.79 bits per heavy atom. The molecule has 0 atom stereocenters. The maximum absolute atomic E-state index is 12.4. The number of fused-ring (bicyclic) bond motifs is 1. The minimum atomic E-state index is -0.428. The summed E-state index contributed by atoms with van der Waals surface area (Å²) in [7, 11) is 1.36. The molecule has 0 aliphatic heterocycles. The Bertz CT molecular complexity index is 1340. The quantitative estimate of drug-likeness (QED) is 0.178. The molecule has 0 spiro atoms. The molecule has 4 rings (SSSR count).